The molecule has 1 aliphatic rings. The number of rotatable bonds is 4. The van der Waals surface area contributed by atoms with Crippen molar-refractivity contribution in [2.45, 2.75) is 43.2 Å². The Morgan fingerprint density at radius 2 is 1.84 bits per heavy atom. The zero-order valence-corrected chi connectivity index (χ0v) is 11.3. The van der Waals surface area contributed by atoms with E-state index in [1.54, 1.807) is 11.8 Å². The van der Waals surface area contributed by atoms with Gasteiger partial charge in [0.05, 0.1) is 11.7 Å². The van der Waals surface area contributed by atoms with E-state index in [9.17, 15) is 18.3 Å². The molecule has 19 heavy (non-hydrogen) atoms. The van der Waals surface area contributed by atoms with Crippen molar-refractivity contribution >= 4 is 11.8 Å². The van der Waals surface area contributed by atoms with Crippen LogP contribution in [0.25, 0.3) is 0 Å². The minimum Gasteiger partial charge on any atom is -0.388 e. The first-order valence-corrected chi connectivity index (χ1v) is 7.49. The third kappa shape index (κ3) is 3.89. The number of aliphatic hydroxyl groups is 1. The van der Waals surface area contributed by atoms with Crippen LogP contribution in [0.5, 0.6) is 0 Å². The van der Waals surface area contributed by atoms with Crippen LogP contribution in [0.4, 0.5) is 13.2 Å². The number of thioether (sulfide) groups is 1. The predicted molar refractivity (Wildman–Crippen MR) is 71.1 cm³/mol. The summed E-state index contributed by atoms with van der Waals surface area (Å²) in [7, 11) is 0. The summed E-state index contributed by atoms with van der Waals surface area (Å²) in [6.07, 6.45) is -0.866. The predicted octanol–water partition coefficient (Wildman–Crippen LogP) is 4.41. The highest BCUT2D eigenvalue weighted by molar-refractivity contribution is 7.99. The fraction of sp³-hybridized carbons (Fsp3) is 0.571. The Bertz CT molecular complexity index is 413. The van der Waals surface area contributed by atoms with Crippen molar-refractivity contribution in [3.05, 3.63) is 35.4 Å². The van der Waals surface area contributed by atoms with Gasteiger partial charge in [0.1, 0.15) is 0 Å². The van der Waals surface area contributed by atoms with Crippen LogP contribution in [-0.4, -0.2) is 16.1 Å². The lowest BCUT2D eigenvalue weighted by Gasteiger charge is -2.18. The standard InChI is InChI=1S/C14H17F3OS/c15-14(16,17)12-8-4-3-7-11(12)13(18)9-19-10-5-1-2-6-10/h3-4,7-8,10,13,18H,1-2,5-6,9H2. The fourth-order valence-corrected chi connectivity index (χ4v) is 3.72. The van der Waals surface area contributed by atoms with E-state index >= 15 is 0 Å². The van der Waals surface area contributed by atoms with E-state index in [4.69, 9.17) is 0 Å². The normalized spacial score (nSPS) is 18.7. The Morgan fingerprint density at radius 3 is 2.47 bits per heavy atom. The summed E-state index contributed by atoms with van der Waals surface area (Å²) in [5.41, 5.74) is -0.741. The van der Waals surface area contributed by atoms with Gasteiger partial charge in [0, 0.05) is 11.0 Å². The fourth-order valence-electron chi connectivity index (χ4n) is 2.42. The molecule has 1 saturated carbocycles. The van der Waals surface area contributed by atoms with E-state index in [0.29, 0.717) is 11.0 Å². The third-order valence-electron chi connectivity index (χ3n) is 3.42. The zero-order chi connectivity index (χ0) is 13.9. The van der Waals surface area contributed by atoms with Crippen molar-refractivity contribution < 1.29 is 18.3 Å². The van der Waals surface area contributed by atoms with Crippen LogP contribution in [0.2, 0.25) is 0 Å². The van der Waals surface area contributed by atoms with Crippen molar-refractivity contribution in [2.24, 2.45) is 0 Å². The molecule has 0 saturated heterocycles. The third-order valence-corrected chi connectivity index (χ3v) is 4.87. The highest BCUT2D eigenvalue weighted by Gasteiger charge is 2.34. The van der Waals surface area contributed by atoms with Crippen LogP contribution in [0.15, 0.2) is 24.3 Å². The molecule has 1 nitrogen and oxygen atoms in total. The molecule has 1 aliphatic carbocycles. The Labute approximate surface area is 115 Å². The second-order valence-electron chi connectivity index (χ2n) is 4.84. The van der Waals surface area contributed by atoms with Crippen LogP contribution < -0.4 is 0 Å². The van der Waals surface area contributed by atoms with Crippen LogP contribution in [0.1, 0.15) is 42.9 Å². The first-order chi connectivity index (χ1) is 8.98. The summed E-state index contributed by atoms with van der Waals surface area (Å²) >= 11 is 1.59. The molecule has 0 bridgehead atoms. The molecule has 0 radical (unpaired) electrons. The SMILES string of the molecule is OC(CSC1CCCC1)c1ccccc1C(F)(F)F. The topological polar surface area (TPSA) is 20.2 Å². The molecule has 0 amide bonds. The molecular weight excluding hydrogens is 273 g/mol. The van der Waals surface area contributed by atoms with Gasteiger partial charge in [0.2, 0.25) is 0 Å². The van der Waals surface area contributed by atoms with Crippen LogP contribution in [-0.2, 0) is 6.18 Å². The van der Waals surface area contributed by atoms with Gasteiger partial charge >= 0.3 is 6.18 Å². The van der Waals surface area contributed by atoms with Crippen molar-refractivity contribution in [1.82, 2.24) is 0 Å². The molecule has 1 atom stereocenters. The summed E-state index contributed by atoms with van der Waals surface area (Å²) in [5, 5.41) is 10.5. The van der Waals surface area contributed by atoms with Gasteiger partial charge in [-0.2, -0.15) is 24.9 Å². The van der Waals surface area contributed by atoms with Crippen molar-refractivity contribution in [2.75, 3.05) is 5.75 Å². The van der Waals surface area contributed by atoms with Gasteiger partial charge in [-0.1, -0.05) is 31.0 Å². The molecule has 0 aliphatic heterocycles. The maximum absolute atomic E-state index is 12.8. The highest BCUT2D eigenvalue weighted by atomic mass is 32.2. The van der Waals surface area contributed by atoms with Crippen LogP contribution in [0, 0.1) is 0 Å². The van der Waals surface area contributed by atoms with Gasteiger partial charge in [0.15, 0.2) is 0 Å². The molecule has 1 unspecified atom stereocenters. The van der Waals surface area contributed by atoms with Crippen molar-refractivity contribution in [3.8, 4) is 0 Å². The maximum atomic E-state index is 12.8. The van der Waals surface area contributed by atoms with E-state index < -0.39 is 17.8 Å². The summed E-state index contributed by atoms with van der Waals surface area (Å²) in [5.74, 6) is 0.331. The molecule has 106 valence electrons. The van der Waals surface area contributed by atoms with Gasteiger partial charge < -0.3 is 5.11 Å². The number of hydrogen-bond donors (Lipinski definition) is 1. The number of halogens is 3. The summed E-state index contributed by atoms with van der Waals surface area (Å²) < 4.78 is 38.5. The molecule has 5 heteroatoms. The van der Waals surface area contributed by atoms with E-state index in [1.807, 2.05) is 0 Å². The Morgan fingerprint density at radius 1 is 1.21 bits per heavy atom. The van der Waals surface area contributed by atoms with Crippen LogP contribution in [0.3, 0.4) is 0 Å². The minimum absolute atomic E-state index is 0.0134. The number of aliphatic hydroxyl groups excluding tert-OH is 1. The lowest BCUT2D eigenvalue weighted by Crippen LogP contribution is -2.14. The number of hydrogen-bond acceptors (Lipinski definition) is 2. The second-order valence-corrected chi connectivity index (χ2v) is 6.17. The number of benzene rings is 1. The van der Waals surface area contributed by atoms with Gasteiger partial charge in [0.25, 0.3) is 0 Å². The quantitative estimate of drug-likeness (QED) is 0.886. The monoisotopic (exact) mass is 290 g/mol. The average molecular weight is 290 g/mol. The molecule has 1 aromatic rings. The molecule has 1 fully saturated rings. The lowest BCUT2D eigenvalue weighted by atomic mass is 10.0. The minimum atomic E-state index is -4.41. The lowest BCUT2D eigenvalue weighted by molar-refractivity contribution is -0.139. The zero-order valence-electron chi connectivity index (χ0n) is 10.5. The molecule has 2 rings (SSSR count). The van der Waals surface area contributed by atoms with E-state index in [-0.39, 0.29) is 5.56 Å². The number of alkyl halides is 3. The average Bonchev–Trinajstić information content (AvgIpc) is 2.88. The molecule has 0 heterocycles. The smallest absolute Gasteiger partial charge is 0.388 e. The molecule has 0 aromatic heterocycles. The Hall–Kier alpha value is -0.680. The maximum Gasteiger partial charge on any atom is 0.416 e. The van der Waals surface area contributed by atoms with Crippen molar-refractivity contribution in [1.29, 1.82) is 0 Å². The van der Waals surface area contributed by atoms with E-state index in [0.717, 1.165) is 18.9 Å². The Balaban J connectivity index is 2.03. The first kappa shape index (κ1) is 14.7. The second kappa shape index (κ2) is 6.18. The molecule has 1 N–H and O–H groups in total. The van der Waals surface area contributed by atoms with E-state index in [2.05, 4.69) is 0 Å². The highest BCUT2D eigenvalue weighted by Crippen LogP contribution is 2.37. The van der Waals surface area contributed by atoms with Gasteiger partial charge in [-0.05, 0) is 24.5 Å². The molecular formula is C14H17F3OS. The van der Waals surface area contributed by atoms with Gasteiger partial charge in [-0.15, -0.1) is 0 Å². The van der Waals surface area contributed by atoms with Crippen LogP contribution >= 0.6 is 11.8 Å². The summed E-state index contributed by atoms with van der Waals surface area (Å²) in [6.45, 7) is 0. The molecule has 0 spiro atoms. The van der Waals surface area contributed by atoms with Gasteiger partial charge in [-0.3, -0.25) is 0 Å². The van der Waals surface area contributed by atoms with Gasteiger partial charge in [-0.25, -0.2) is 0 Å². The summed E-state index contributed by atoms with van der Waals surface area (Å²) in [4.78, 5) is 0. The van der Waals surface area contributed by atoms with E-state index in [1.165, 1.54) is 31.0 Å². The Kier molecular flexibility index (Phi) is 4.79. The largest absolute Gasteiger partial charge is 0.416 e. The summed E-state index contributed by atoms with van der Waals surface area (Å²) in [6, 6.07) is 5.28. The van der Waals surface area contributed by atoms with Crippen molar-refractivity contribution in [3.63, 3.8) is 0 Å². The first-order valence-electron chi connectivity index (χ1n) is 6.44. The molecule has 1 aromatic carbocycles.